The van der Waals surface area contributed by atoms with Gasteiger partial charge in [0, 0.05) is 6.04 Å². The summed E-state index contributed by atoms with van der Waals surface area (Å²) in [5, 5.41) is 3.60. The van der Waals surface area contributed by atoms with E-state index in [-0.39, 0.29) is 6.04 Å². The zero-order valence-electron chi connectivity index (χ0n) is 12.4. The molecule has 3 nitrogen and oxygen atoms in total. The van der Waals surface area contributed by atoms with Crippen molar-refractivity contribution in [3.05, 3.63) is 0 Å². The lowest BCUT2D eigenvalue weighted by Crippen LogP contribution is -2.46. The molecule has 108 valence electrons. The van der Waals surface area contributed by atoms with E-state index in [0.717, 1.165) is 31.1 Å². The summed E-state index contributed by atoms with van der Waals surface area (Å²) < 4.78 is 0. The largest absolute Gasteiger partial charge is 0.322 e. The molecule has 1 amide bonds. The van der Waals surface area contributed by atoms with Crippen molar-refractivity contribution in [3.8, 4) is 0 Å². The smallest absolute Gasteiger partial charge is 0.241 e. The normalized spacial score (nSPS) is 31.5. The molecule has 0 radical (unpaired) electrons. The van der Waals surface area contributed by atoms with Gasteiger partial charge in [-0.05, 0) is 50.4 Å². The molecule has 1 saturated heterocycles. The topological polar surface area (TPSA) is 32.3 Å². The third-order valence-corrected chi connectivity index (χ3v) is 5.05. The standard InChI is InChI=1S/C16H28N2O/c1-3-5-6-13-16(19)18(14(4-2)17-13)15(11-7-8-11)12-9-10-12/h11-15,17H,3-10H2,1-2H3. The van der Waals surface area contributed by atoms with Crippen molar-refractivity contribution in [1.82, 2.24) is 10.2 Å². The highest BCUT2D eigenvalue weighted by Crippen LogP contribution is 2.48. The van der Waals surface area contributed by atoms with Crippen LogP contribution in [0.15, 0.2) is 0 Å². The quantitative estimate of drug-likeness (QED) is 0.767. The predicted molar refractivity (Wildman–Crippen MR) is 76.6 cm³/mol. The van der Waals surface area contributed by atoms with Crippen LogP contribution in [0.5, 0.6) is 0 Å². The van der Waals surface area contributed by atoms with Crippen LogP contribution in [-0.4, -0.2) is 29.1 Å². The molecule has 0 bridgehead atoms. The first-order chi connectivity index (χ1) is 9.26. The number of nitrogens with one attached hydrogen (secondary N) is 1. The molecule has 2 saturated carbocycles. The van der Waals surface area contributed by atoms with Crippen molar-refractivity contribution >= 4 is 5.91 Å². The van der Waals surface area contributed by atoms with Crippen LogP contribution in [0.4, 0.5) is 0 Å². The van der Waals surface area contributed by atoms with Crippen molar-refractivity contribution in [3.63, 3.8) is 0 Å². The summed E-state index contributed by atoms with van der Waals surface area (Å²) in [7, 11) is 0. The maximum Gasteiger partial charge on any atom is 0.241 e. The molecule has 0 aromatic rings. The van der Waals surface area contributed by atoms with Gasteiger partial charge in [0.05, 0.1) is 12.2 Å². The van der Waals surface area contributed by atoms with Crippen LogP contribution >= 0.6 is 0 Å². The van der Waals surface area contributed by atoms with Gasteiger partial charge in [-0.1, -0.05) is 26.7 Å². The van der Waals surface area contributed by atoms with E-state index in [9.17, 15) is 4.79 Å². The van der Waals surface area contributed by atoms with Crippen LogP contribution in [0.2, 0.25) is 0 Å². The number of carbonyl (C=O) groups excluding carboxylic acids is 1. The molecule has 3 fully saturated rings. The van der Waals surface area contributed by atoms with Crippen molar-refractivity contribution < 1.29 is 4.79 Å². The molecule has 3 rings (SSSR count). The average Bonchev–Trinajstić information content (AvgIpc) is 3.29. The van der Waals surface area contributed by atoms with Gasteiger partial charge >= 0.3 is 0 Å². The fourth-order valence-electron chi connectivity index (χ4n) is 3.72. The van der Waals surface area contributed by atoms with Gasteiger partial charge in [0.2, 0.25) is 5.91 Å². The van der Waals surface area contributed by atoms with Gasteiger partial charge in [-0.3, -0.25) is 10.1 Å². The lowest BCUT2D eigenvalue weighted by atomic mass is 10.0. The molecule has 0 aromatic heterocycles. The summed E-state index contributed by atoms with van der Waals surface area (Å²) in [6.07, 6.45) is 10.1. The summed E-state index contributed by atoms with van der Waals surface area (Å²) in [6, 6.07) is 0.668. The summed E-state index contributed by atoms with van der Waals surface area (Å²) in [5.74, 6) is 2.04. The third-order valence-electron chi connectivity index (χ3n) is 5.05. The fourth-order valence-corrected chi connectivity index (χ4v) is 3.72. The van der Waals surface area contributed by atoms with Crippen LogP contribution in [0.25, 0.3) is 0 Å². The molecule has 0 aromatic carbocycles. The van der Waals surface area contributed by atoms with Crippen molar-refractivity contribution in [2.24, 2.45) is 11.8 Å². The van der Waals surface area contributed by atoms with Gasteiger partial charge in [0.15, 0.2) is 0 Å². The molecule has 1 N–H and O–H groups in total. The Morgan fingerprint density at radius 3 is 2.32 bits per heavy atom. The van der Waals surface area contributed by atoms with E-state index in [1.165, 1.54) is 32.1 Å². The van der Waals surface area contributed by atoms with Crippen LogP contribution in [0.3, 0.4) is 0 Å². The Morgan fingerprint density at radius 1 is 1.21 bits per heavy atom. The maximum atomic E-state index is 12.8. The van der Waals surface area contributed by atoms with Gasteiger partial charge in [0.1, 0.15) is 0 Å². The van der Waals surface area contributed by atoms with Gasteiger partial charge in [0.25, 0.3) is 0 Å². The molecule has 3 heteroatoms. The Morgan fingerprint density at radius 2 is 1.84 bits per heavy atom. The minimum absolute atomic E-state index is 0.102. The average molecular weight is 264 g/mol. The molecule has 2 unspecified atom stereocenters. The molecular formula is C16H28N2O. The number of hydrogen-bond acceptors (Lipinski definition) is 2. The first-order valence-electron chi connectivity index (χ1n) is 8.34. The van der Waals surface area contributed by atoms with Gasteiger partial charge in [-0.25, -0.2) is 0 Å². The second kappa shape index (κ2) is 5.43. The SMILES string of the molecule is CCCCC1NC(CC)N(C(C2CC2)C2CC2)C1=O. The molecule has 19 heavy (non-hydrogen) atoms. The number of amides is 1. The first-order valence-corrected chi connectivity index (χ1v) is 8.34. The zero-order chi connectivity index (χ0) is 13.4. The Kier molecular flexibility index (Phi) is 3.84. The van der Waals surface area contributed by atoms with E-state index in [1.54, 1.807) is 0 Å². The maximum absolute atomic E-state index is 12.8. The Labute approximate surface area is 117 Å². The fraction of sp³-hybridized carbons (Fsp3) is 0.938. The van der Waals surface area contributed by atoms with Crippen LogP contribution in [0, 0.1) is 11.8 Å². The Balaban J connectivity index is 1.72. The Hall–Kier alpha value is -0.570. The summed E-state index contributed by atoms with van der Waals surface area (Å²) in [6.45, 7) is 4.41. The van der Waals surface area contributed by atoms with E-state index in [4.69, 9.17) is 0 Å². The lowest BCUT2D eigenvalue weighted by Gasteiger charge is -2.33. The third kappa shape index (κ3) is 2.67. The van der Waals surface area contributed by atoms with E-state index in [2.05, 4.69) is 24.1 Å². The first kappa shape index (κ1) is 13.4. The number of carbonyl (C=O) groups is 1. The summed E-state index contributed by atoms with van der Waals surface area (Å²) >= 11 is 0. The van der Waals surface area contributed by atoms with Crippen molar-refractivity contribution in [2.45, 2.75) is 83.5 Å². The number of nitrogens with zero attached hydrogens (tertiary/aromatic N) is 1. The zero-order valence-corrected chi connectivity index (χ0v) is 12.4. The second-order valence-corrected chi connectivity index (χ2v) is 6.70. The molecule has 2 atom stereocenters. The van der Waals surface area contributed by atoms with Gasteiger partial charge in [-0.15, -0.1) is 0 Å². The molecule has 3 aliphatic rings. The van der Waals surface area contributed by atoms with Crippen LogP contribution in [0.1, 0.15) is 65.2 Å². The predicted octanol–water partition coefficient (Wildman–Crippen LogP) is 2.90. The van der Waals surface area contributed by atoms with E-state index in [1.807, 2.05) is 0 Å². The van der Waals surface area contributed by atoms with Gasteiger partial charge < -0.3 is 4.90 Å². The minimum atomic E-state index is 0.102. The molecular weight excluding hydrogens is 236 g/mol. The number of hydrogen-bond donors (Lipinski definition) is 1. The molecule has 1 aliphatic heterocycles. The van der Waals surface area contributed by atoms with E-state index < -0.39 is 0 Å². The van der Waals surface area contributed by atoms with Crippen LogP contribution < -0.4 is 5.32 Å². The summed E-state index contributed by atoms with van der Waals surface area (Å²) in [4.78, 5) is 15.0. The monoisotopic (exact) mass is 264 g/mol. The molecule has 2 aliphatic carbocycles. The highest BCUT2D eigenvalue weighted by molar-refractivity contribution is 5.84. The second-order valence-electron chi connectivity index (χ2n) is 6.70. The summed E-state index contributed by atoms with van der Waals surface area (Å²) in [5.41, 5.74) is 0. The van der Waals surface area contributed by atoms with E-state index in [0.29, 0.717) is 18.1 Å². The lowest BCUT2D eigenvalue weighted by molar-refractivity contribution is -0.133. The molecule has 0 spiro atoms. The van der Waals surface area contributed by atoms with Gasteiger partial charge in [-0.2, -0.15) is 0 Å². The molecule has 1 heterocycles. The van der Waals surface area contributed by atoms with Crippen molar-refractivity contribution in [1.29, 1.82) is 0 Å². The minimum Gasteiger partial charge on any atom is -0.322 e. The van der Waals surface area contributed by atoms with E-state index >= 15 is 0 Å². The highest BCUT2D eigenvalue weighted by Gasteiger charge is 2.51. The Bertz CT molecular complexity index is 324. The number of rotatable bonds is 7. The number of unbranched alkanes of at least 4 members (excludes halogenated alkanes) is 1. The van der Waals surface area contributed by atoms with Crippen LogP contribution in [-0.2, 0) is 4.79 Å². The van der Waals surface area contributed by atoms with Crippen molar-refractivity contribution in [2.75, 3.05) is 0 Å². The highest BCUT2D eigenvalue weighted by atomic mass is 16.2.